The molecular weight excluding hydrogens is 572 g/mol. The van der Waals surface area contributed by atoms with Gasteiger partial charge in [0, 0.05) is 12.8 Å². The molecule has 0 saturated heterocycles. The van der Waals surface area contributed by atoms with Crippen LogP contribution in [0, 0.1) is 29.1 Å². The Morgan fingerprint density at radius 3 is 2.23 bits per heavy atom. The second-order valence-electron chi connectivity index (χ2n) is 16.6. The van der Waals surface area contributed by atoms with Crippen molar-refractivity contribution in [2.24, 2.45) is 29.1 Å². The number of carbonyl (C=O) groups excluding carboxylic acids is 1. The van der Waals surface area contributed by atoms with Gasteiger partial charge in [0.2, 0.25) is 0 Å². The summed E-state index contributed by atoms with van der Waals surface area (Å²) in [4.78, 5) is 12.7. The first-order chi connectivity index (χ1) is 22.7. The van der Waals surface area contributed by atoms with Crippen molar-refractivity contribution in [3.8, 4) is 0 Å². The Hall–Kier alpha value is -1.57. The predicted molar refractivity (Wildman–Crippen MR) is 205 cm³/mol. The molecule has 0 amide bonds. The van der Waals surface area contributed by atoms with Crippen molar-refractivity contribution in [1.29, 1.82) is 0 Å². The predicted octanol–water partition coefficient (Wildman–Crippen LogP) is 14.2. The lowest BCUT2D eigenvalue weighted by Crippen LogP contribution is -2.36. The van der Waals surface area contributed by atoms with Crippen molar-refractivity contribution in [3.63, 3.8) is 0 Å². The number of allylic oxidation sites excluding steroid dienone is 6. The van der Waals surface area contributed by atoms with E-state index >= 15 is 0 Å². The zero-order valence-electron chi connectivity index (χ0n) is 31.9. The molecule has 3 rings (SSSR count). The van der Waals surface area contributed by atoms with Gasteiger partial charge in [0.1, 0.15) is 6.10 Å². The van der Waals surface area contributed by atoms with Crippen molar-refractivity contribution in [2.45, 2.75) is 201 Å². The topological polar surface area (TPSA) is 26.3 Å². The van der Waals surface area contributed by atoms with Crippen LogP contribution in [0.4, 0.5) is 0 Å². The Bertz CT molecular complexity index is 997. The quantitative estimate of drug-likeness (QED) is 0.0663. The number of hydrogen-bond donors (Lipinski definition) is 0. The molecule has 3 fully saturated rings. The Kier molecular flexibility index (Phi) is 18.8. The van der Waals surface area contributed by atoms with Gasteiger partial charge in [-0.2, -0.15) is 0 Å². The van der Waals surface area contributed by atoms with Gasteiger partial charge in [-0.15, -0.1) is 0 Å². The zero-order chi connectivity index (χ0) is 33.9. The average Bonchev–Trinajstić information content (AvgIpc) is 3.40. The summed E-state index contributed by atoms with van der Waals surface area (Å²) in [6, 6.07) is 0. The van der Waals surface area contributed by atoms with Gasteiger partial charge in [-0.1, -0.05) is 147 Å². The van der Waals surface area contributed by atoms with E-state index in [1.807, 2.05) is 0 Å². The highest BCUT2D eigenvalue weighted by molar-refractivity contribution is 5.69. The van der Waals surface area contributed by atoms with Gasteiger partial charge in [-0.05, 0) is 112 Å². The molecule has 0 spiro atoms. The van der Waals surface area contributed by atoms with E-state index < -0.39 is 0 Å². The summed E-state index contributed by atoms with van der Waals surface area (Å²) in [6.45, 7) is 16.6. The van der Waals surface area contributed by atoms with Gasteiger partial charge in [0.05, 0.1) is 0 Å². The highest BCUT2D eigenvalue weighted by atomic mass is 16.5. The molecule has 2 nitrogen and oxygen atoms in total. The van der Waals surface area contributed by atoms with Crippen molar-refractivity contribution in [1.82, 2.24) is 0 Å². The molecular formula is C45H76O2. The van der Waals surface area contributed by atoms with Crippen LogP contribution in [0.2, 0.25) is 0 Å². The fraction of sp³-hybridized carbons (Fsp3) is 0.800. The Morgan fingerprint density at radius 1 is 0.851 bits per heavy atom. The van der Waals surface area contributed by atoms with Crippen LogP contribution in [0.15, 0.2) is 47.6 Å². The lowest BCUT2D eigenvalue weighted by atomic mass is 9.60. The molecule has 3 saturated carbocycles. The minimum absolute atomic E-state index is 0.000373. The molecule has 268 valence electrons. The number of carbonyl (C=O) groups is 1. The van der Waals surface area contributed by atoms with Crippen molar-refractivity contribution >= 4 is 5.97 Å². The second-order valence-corrected chi connectivity index (χ2v) is 16.6. The van der Waals surface area contributed by atoms with E-state index in [1.165, 1.54) is 133 Å². The average molecular weight is 649 g/mol. The van der Waals surface area contributed by atoms with Gasteiger partial charge in [0.15, 0.2) is 0 Å². The smallest absolute Gasteiger partial charge is 0.306 e. The minimum Gasteiger partial charge on any atom is -0.462 e. The normalized spacial score (nSPS) is 27.3. The monoisotopic (exact) mass is 649 g/mol. The van der Waals surface area contributed by atoms with Gasteiger partial charge in [-0.3, -0.25) is 4.79 Å². The maximum absolute atomic E-state index is 12.7. The van der Waals surface area contributed by atoms with E-state index in [1.54, 1.807) is 5.57 Å². The number of ether oxygens (including phenoxy) is 1. The van der Waals surface area contributed by atoms with Crippen LogP contribution in [0.3, 0.4) is 0 Å². The van der Waals surface area contributed by atoms with Crippen LogP contribution in [0.5, 0.6) is 0 Å². The number of rotatable bonds is 22. The number of esters is 1. The third-order valence-corrected chi connectivity index (χ3v) is 12.3. The first-order valence-electron chi connectivity index (χ1n) is 20.7. The third kappa shape index (κ3) is 14.1. The molecule has 0 unspecified atom stereocenters. The summed E-state index contributed by atoms with van der Waals surface area (Å²) >= 11 is 0. The molecule has 0 bridgehead atoms. The maximum Gasteiger partial charge on any atom is 0.306 e. The van der Waals surface area contributed by atoms with Crippen molar-refractivity contribution in [3.05, 3.63) is 47.6 Å². The zero-order valence-corrected chi connectivity index (χ0v) is 31.9. The molecule has 0 aromatic carbocycles. The number of unbranched alkanes of at least 4 members (excludes halogenated alkanes) is 11. The fourth-order valence-corrected chi connectivity index (χ4v) is 9.33. The van der Waals surface area contributed by atoms with Crippen molar-refractivity contribution < 1.29 is 9.53 Å². The molecule has 5 atom stereocenters. The van der Waals surface area contributed by atoms with E-state index in [4.69, 9.17) is 4.74 Å². The molecule has 2 heteroatoms. The van der Waals surface area contributed by atoms with Crippen LogP contribution in [-0.2, 0) is 9.53 Å². The summed E-state index contributed by atoms with van der Waals surface area (Å²) in [6.07, 6.45) is 40.3. The van der Waals surface area contributed by atoms with Crippen LogP contribution < -0.4 is 0 Å². The highest BCUT2D eigenvalue weighted by Gasteiger charge is 2.50. The van der Waals surface area contributed by atoms with Gasteiger partial charge < -0.3 is 4.74 Å². The second kappa shape index (κ2) is 22.2. The molecule has 0 aliphatic heterocycles. The Balaban J connectivity index is 1.34. The van der Waals surface area contributed by atoms with E-state index in [9.17, 15) is 4.79 Å². The minimum atomic E-state index is 0.000373. The first-order valence-corrected chi connectivity index (χ1v) is 20.7. The molecule has 3 aliphatic rings. The van der Waals surface area contributed by atoms with Crippen LogP contribution >= 0.6 is 0 Å². The van der Waals surface area contributed by atoms with Gasteiger partial charge >= 0.3 is 5.97 Å². The molecule has 0 N–H and O–H groups in total. The summed E-state index contributed by atoms with van der Waals surface area (Å²) in [7, 11) is 0. The SMILES string of the molecule is C=C1CC[C@H](OC(=O)CCCCCCC/C=C\CCCCCCCC)C/C1=C/C=C1\CCC[C@]2(C)[C@@H]([C@H](C)CCCC(C)C)CC[C@@H]12. The summed E-state index contributed by atoms with van der Waals surface area (Å²) in [5.41, 5.74) is 4.70. The molecule has 3 aliphatic carbocycles. The van der Waals surface area contributed by atoms with Crippen LogP contribution in [0.25, 0.3) is 0 Å². The molecule has 0 aromatic heterocycles. The van der Waals surface area contributed by atoms with Gasteiger partial charge in [-0.25, -0.2) is 0 Å². The molecule has 0 aromatic rings. The molecule has 47 heavy (non-hydrogen) atoms. The number of fused-ring (bicyclic) bond motifs is 1. The summed E-state index contributed by atoms with van der Waals surface area (Å²) < 4.78 is 6.00. The van der Waals surface area contributed by atoms with E-state index in [2.05, 4.69) is 65.5 Å². The summed E-state index contributed by atoms with van der Waals surface area (Å²) in [5, 5.41) is 0. The fourth-order valence-electron chi connectivity index (χ4n) is 9.33. The van der Waals surface area contributed by atoms with E-state index in [0.29, 0.717) is 11.8 Å². The molecule has 0 radical (unpaired) electrons. The van der Waals surface area contributed by atoms with Crippen molar-refractivity contribution in [2.75, 3.05) is 0 Å². The van der Waals surface area contributed by atoms with E-state index in [0.717, 1.165) is 55.8 Å². The lowest BCUT2D eigenvalue weighted by Gasteiger charge is -2.44. The van der Waals surface area contributed by atoms with E-state index in [-0.39, 0.29) is 12.1 Å². The lowest BCUT2D eigenvalue weighted by molar-refractivity contribution is -0.149. The Morgan fingerprint density at radius 2 is 1.53 bits per heavy atom. The highest BCUT2D eigenvalue weighted by Crippen LogP contribution is 2.60. The summed E-state index contributed by atoms with van der Waals surface area (Å²) in [5.74, 6) is 3.26. The van der Waals surface area contributed by atoms with Gasteiger partial charge in [0.25, 0.3) is 0 Å². The molecule has 0 heterocycles. The first kappa shape index (κ1) is 39.9. The van der Waals surface area contributed by atoms with Crippen LogP contribution in [-0.4, -0.2) is 12.1 Å². The third-order valence-electron chi connectivity index (χ3n) is 12.3. The largest absolute Gasteiger partial charge is 0.462 e. The van der Waals surface area contributed by atoms with Crippen LogP contribution in [0.1, 0.15) is 195 Å². The number of hydrogen-bond acceptors (Lipinski definition) is 2. The standard InChI is InChI=1S/C45H76O2/c1-7-8-9-10-11-12-13-14-15-16-17-18-19-20-21-27-44(46)47-41-31-28-37(4)40(35-41)30-29-39-26-23-34-45(6)42(32-33-43(39)45)38(5)25-22-24-36(2)3/h14-15,29-30,36,38,41-43H,4,7-13,16-28,31-35H2,1-3,5-6H3/b15-14-,39-29+,40-30-/t38-,41+,42-,43+,45-/m1/s1. The maximum atomic E-state index is 12.7. The Labute approximate surface area is 292 Å².